The Morgan fingerprint density at radius 3 is 2.57 bits per heavy atom. The van der Waals surface area contributed by atoms with Gasteiger partial charge in [-0.05, 0) is 74.2 Å². The quantitative estimate of drug-likeness (QED) is 0.880. The van der Waals surface area contributed by atoms with Crippen molar-refractivity contribution in [3.63, 3.8) is 0 Å². The number of carbonyl (C=O) groups excluding carboxylic acids is 1. The van der Waals surface area contributed by atoms with Crippen LogP contribution >= 0.6 is 15.9 Å². The second-order valence-corrected chi connectivity index (χ2v) is 7.48. The summed E-state index contributed by atoms with van der Waals surface area (Å²) < 4.78 is 12.0. The van der Waals surface area contributed by atoms with Gasteiger partial charge in [0.15, 0.2) is 0 Å². The number of hydrogen-bond donors (Lipinski definition) is 1. The zero-order valence-corrected chi connectivity index (χ0v) is 14.5. The third-order valence-corrected chi connectivity index (χ3v) is 3.83. The molecule has 4 nitrogen and oxygen atoms in total. The van der Waals surface area contributed by atoms with E-state index >= 15 is 0 Å². The molecule has 0 unspecified atom stereocenters. The van der Waals surface area contributed by atoms with Crippen LogP contribution < -0.4 is 10.1 Å². The van der Waals surface area contributed by atoms with Gasteiger partial charge in [0.1, 0.15) is 18.0 Å². The average Bonchev–Trinajstić information content (AvgIpc) is 3.05. The molecule has 0 bridgehead atoms. The summed E-state index contributed by atoms with van der Waals surface area (Å²) in [4.78, 5) is 11.8. The van der Waals surface area contributed by atoms with Gasteiger partial charge in [0.05, 0.1) is 10.0 Å². The van der Waals surface area contributed by atoms with E-state index in [-0.39, 0.29) is 11.6 Å². The van der Waals surface area contributed by atoms with Crippen LogP contribution in [-0.2, 0) is 4.74 Å². The summed E-state index contributed by atoms with van der Waals surface area (Å²) in [5.74, 6) is 0.790. The number of ether oxygens (including phenoxy) is 2. The van der Waals surface area contributed by atoms with Crippen molar-refractivity contribution in [2.24, 2.45) is 0 Å². The van der Waals surface area contributed by atoms with Gasteiger partial charge in [0.2, 0.25) is 0 Å². The van der Waals surface area contributed by atoms with Gasteiger partial charge in [0.25, 0.3) is 0 Å². The van der Waals surface area contributed by atoms with Crippen molar-refractivity contribution in [1.29, 1.82) is 0 Å². The molecular formula is C16H22BrNO3. The molecule has 2 rings (SSSR count). The van der Waals surface area contributed by atoms with E-state index in [1.165, 1.54) is 5.56 Å². The van der Waals surface area contributed by atoms with Gasteiger partial charge < -0.3 is 14.8 Å². The number of nitrogens with one attached hydrogen (secondary N) is 1. The molecule has 21 heavy (non-hydrogen) atoms. The van der Waals surface area contributed by atoms with Crippen molar-refractivity contribution >= 4 is 22.0 Å². The van der Waals surface area contributed by atoms with Crippen molar-refractivity contribution in [1.82, 2.24) is 5.32 Å². The first-order valence-electron chi connectivity index (χ1n) is 7.09. The van der Waals surface area contributed by atoms with Crippen molar-refractivity contribution in [3.05, 3.63) is 28.2 Å². The predicted molar refractivity (Wildman–Crippen MR) is 85.7 cm³/mol. The summed E-state index contributed by atoms with van der Waals surface area (Å²) in [7, 11) is 0. The van der Waals surface area contributed by atoms with E-state index in [1.54, 1.807) is 0 Å². The Labute approximate surface area is 134 Å². The molecule has 0 saturated heterocycles. The molecule has 116 valence electrons. The van der Waals surface area contributed by atoms with Crippen molar-refractivity contribution < 1.29 is 14.3 Å². The van der Waals surface area contributed by atoms with Gasteiger partial charge in [-0.15, -0.1) is 0 Å². The molecule has 1 N–H and O–H groups in total. The van der Waals surface area contributed by atoms with Crippen LogP contribution in [0.2, 0.25) is 0 Å². The Hall–Kier alpha value is -1.23. The molecule has 1 aliphatic rings. The third kappa shape index (κ3) is 4.92. The van der Waals surface area contributed by atoms with Gasteiger partial charge in [-0.1, -0.05) is 6.07 Å². The third-order valence-electron chi connectivity index (χ3n) is 3.21. The Balaban J connectivity index is 1.89. The second-order valence-electron chi connectivity index (χ2n) is 6.63. The number of hydrogen-bond acceptors (Lipinski definition) is 3. The molecule has 0 radical (unpaired) electrons. The molecule has 0 aromatic heterocycles. The largest absolute Gasteiger partial charge is 0.490 e. The minimum absolute atomic E-state index is 0.285. The highest BCUT2D eigenvalue weighted by atomic mass is 79.9. The van der Waals surface area contributed by atoms with Crippen LogP contribution in [-0.4, -0.2) is 23.8 Å². The number of amides is 1. The van der Waals surface area contributed by atoms with Crippen LogP contribution in [0.4, 0.5) is 4.79 Å². The lowest BCUT2D eigenvalue weighted by Gasteiger charge is -2.23. The lowest BCUT2D eigenvalue weighted by molar-refractivity contribution is 0.0477. The van der Waals surface area contributed by atoms with Gasteiger partial charge in [-0.3, -0.25) is 0 Å². The lowest BCUT2D eigenvalue weighted by atomic mass is 10.2. The summed E-state index contributed by atoms with van der Waals surface area (Å²) in [6, 6.07) is 5.94. The number of aryl methyl sites for hydroxylation is 1. The summed E-state index contributed by atoms with van der Waals surface area (Å²) in [6.45, 7) is 8.04. The van der Waals surface area contributed by atoms with Gasteiger partial charge >= 0.3 is 6.09 Å². The van der Waals surface area contributed by atoms with Gasteiger partial charge in [-0.2, -0.15) is 0 Å². The normalized spacial score (nSPS) is 16.2. The number of carbonyl (C=O) groups is 1. The molecular weight excluding hydrogens is 334 g/mol. The fraction of sp³-hybridized carbons (Fsp3) is 0.562. The van der Waals surface area contributed by atoms with Crippen molar-refractivity contribution in [2.45, 2.75) is 51.7 Å². The maximum Gasteiger partial charge on any atom is 0.408 e. The van der Waals surface area contributed by atoms with Crippen LogP contribution in [0.5, 0.6) is 5.75 Å². The average molecular weight is 356 g/mol. The van der Waals surface area contributed by atoms with E-state index in [0.29, 0.717) is 6.61 Å². The zero-order valence-electron chi connectivity index (χ0n) is 13.0. The Morgan fingerprint density at radius 1 is 1.38 bits per heavy atom. The lowest BCUT2D eigenvalue weighted by Crippen LogP contribution is -2.44. The smallest absolute Gasteiger partial charge is 0.408 e. The maximum atomic E-state index is 11.8. The number of benzene rings is 1. The van der Waals surface area contributed by atoms with Crippen molar-refractivity contribution in [2.75, 3.05) is 6.61 Å². The highest BCUT2D eigenvalue weighted by molar-refractivity contribution is 9.10. The summed E-state index contributed by atoms with van der Waals surface area (Å²) in [5, 5.41) is 2.92. The predicted octanol–water partition coefficient (Wildman–Crippen LogP) is 4.19. The fourth-order valence-electron chi connectivity index (χ4n) is 1.92. The van der Waals surface area contributed by atoms with Crippen LogP contribution in [0.1, 0.15) is 39.2 Å². The summed E-state index contributed by atoms with van der Waals surface area (Å²) in [5.41, 5.74) is 0.399. The Kier molecular flexibility index (Phi) is 4.51. The molecule has 0 aliphatic heterocycles. The van der Waals surface area contributed by atoms with E-state index < -0.39 is 5.60 Å². The van der Waals surface area contributed by atoms with E-state index in [9.17, 15) is 4.79 Å². The maximum absolute atomic E-state index is 11.8. The van der Waals surface area contributed by atoms with E-state index in [4.69, 9.17) is 9.47 Å². The molecule has 1 fully saturated rings. The van der Waals surface area contributed by atoms with Crippen LogP contribution in [0.25, 0.3) is 0 Å². The van der Waals surface area contributed by atoms with E-state index in [1.807, 2.05) is 45.9 Å². The Morgan fingerprint density at radius 2 is 2.05 bits per heavy atom. The molecule has 1 amide bonds. The first kappa shape index (κ1) is 16.1. The Bertz CT molecular complexity index is 533. The highest BCUT2D eigenvalue weighted by Crippen LogP contribution is 2.37. The number of halogens is 1. The summed E-state index contributed by atoms with van der Waals surface area (Å²) >= 11 is 3.49. The standard InChI is InChI=1S/C16H22BrNO3/c1-11-5-6-13(12(17)9-11)20-10-16(7-8-16)18-14(19)21-15(2,3)4/h5-6,9H,7-8,10H2,1-4H3,(H,18,19). The molecule has 1 aromatic carbocycles. The second kappa shape index (κ2) is 5.87. The first-order valence-corrected chi connectivity index (χ1v) is 7.89. The molecule has 0 heterocycles. The van der Waals surface area contributed by atoms with E-state index in [0.717, 1.165) is 23.1 Å². The number of alkyl carbamates (subject to hydrolysis) is 1. The van der Waals surface area contributed by atoms with Crippen LogP contribution in [0, 0.1) is 6.92 Å². The first-order chi connectivity index (χ1) is 9.69. The molecule has 1 aromatic rings. The zero-order chi connectivity index (χ0) is 15.7. The van der Waals surface area contributed by atoms with Gasteiger partial charge in [0, 0.05) is 0 Å². The molecule has 0 atom stereocenters. The monoisotopic (exact) mass is 355 g/mol. The minimum Gasteiger partial charge on any atom is -0.490 e. The SMILES string of the molecule is Cc1ccc(OCC2(NC(=O)OC(C)(C)C)CC2)c(Br)c1. The summed E-state index contributed by atoms with van der Waals surface area (Å²) in [6.07, 6.45) is 1.44. The topological polar surface area (TPSA) is 47.6 Å². The fourth-order valence-corrected chi connectivity index (χ4v) is 2.52. The van der Waals surface area contributed by atoms with Crippen molar-refractivity contribution in [3.8, 4) is 5.75 Å². The van der Waals surface area contributed by atoms with Crippen LogP contribution in [0.3, 0.4) is 0 Å². The highest BCUT2D eigenvalue weighted by Gasteiger charge is 2.46. The number of rotatable bonds is 4. The van der Waals surface area contributed by atoms with Gasteiger partial charge in [-0.25, -0.2) is 4.79 Å². The molecule has 5 heteroatoms. The molecule has 1 aliphatic carbocycles. The minimum atomic E-state index is -0.485. The van der Waals surface area contributed by atoms with E-state index in [2.05, 4.69) is 21.2 Å². The molecule has 0 spiro atoms. The van der Waals surface area contributed by atoms with Crippen LogP contribution in [0.15, 0.2) is 22.7 Å². The molecule has 1 saturated carbocycles.